The van der Waals surface area contributed by atoms with Crippen molar-refractivity contribution in [3.05, 3.63) is 12.3 Å². The summed E-state index contributed by atoms with van der Waals surface area (Å²) in [6.07, 6.45) is 2.78. The Morgan fingerprint density at radius 2 is 1.33 bits per heavy atom. The molecule has 0 aliphatic carbocycles. The van der Waals surface area contributed by atoms with Crippen molar-refractivity contribution in [2.24, 2.45) is 5.92 Å². The minimum absolute atomic E-state index is 0.00354. The van der Waals surface area contributed by atoms with Crippen LogP contribution in [-0.2, 0) is 23.7 Å². The van der Waals surface area contributed by atoms with Crippen LogP contribution in [0, 0.1) is 5.92 Å². The van der Waals surface area contributed by atoms with Crippen molar-refractivity contribution in [3.63, 3.8) is 0 Å². The lowest BCUT2D eigenvalue weighted by molar-refractivity contribution is -0.120. The second-order valence-corrected chi connectivity index (χ2v) is 12.2. The highest BCUT2D eigenvalue weighted by Crippen LogP contribution is 2.20. The zero-order valence-electron chi connectivity index (χ0n) is 25.3. The van der Waals surface area contributed by atoms with Crippen LogP contribution in [0.5, 0.6) is 0 Å². The SMILES string of the molecule is C=C(CNC(COC(C)(C)CCOC(C)C)COC(C)(C)CCOC(C)(C)CC)NCC(=O)C(C)C. The summed E-state index contributed by atoms with van der Waals surface area (Å²) in [6.45, 7) is 29.8. The molecule has 2 N–H and O–H groups in total. The van der Waals surface area contributed by atoms with E-state index in [4.69, 9.17) is 18.9 Å². The van der Waals surface area contributed by atoms with Gasteiger partial charge in [0.05, 0.1) is 55.3 Å². The summed E-state index contributed by atoms with van der Waals surface area (Å²) in [5, 5.41) is 6.62. The predicted octanol–water partition coefficient (Wildman–Crippen LogP) is 5.27. The Labute approximate surface area is 222 Å². The molecule has 0 amide bonds. The Balaban J connectivity index is 4.92. The monoisotopic (exact) mass is 514 g/mol. The molecule has 1 atom stereocenters. The second-order valence-electron chi connectivity index (χ2n) is 12.2. The maximum atomic E-state index is 11.9. The fourth-order valence-corrected chi connectivity index (χ4v) is 2.92. The summed E-state index contributed by atoms with van der Waals surface area (Å²) in [6, 6.07) is -0.0399. The fraction of sp³-hybridized carbons (Fsp3) is 0.897. The highest BCUT2D eigenvalue weighted by molar-refractivity contribution is 5.82. The third-order valence-corrected chi connectivity index (χ3v) is 6.31. The molecule has 0 aromatic carbocycles. The van der Waals surface area contributed by atoms with E-state index in [2.05, 4.69) is 65.7 Å². The first-order chi connectivity index (χ1) is 16.5. The molecule has 0 heterocycles. The number of carbonyl (C=O) groups is 1. The zero-order valence-corrected chi connectivity index (χ0v) is 25.3. The molecule has 0 radical (unpaired) electrons. The van der Waals surface area contributed by atoms with Gasteiger partial charge in [-0.1, -0.05) is 27.4 Å². The van der Waals surface area contributed by atoms with Crippen LogP contribution in [-0.4, -0.2) is 74.2 Å². The normalized spacial score (nSPS) is 13.9. The standard InChI is InChI=1S/C29H58N2O5/c1-13-27(7,8)34-17-15-29(11,12)36-21-25(20-35-28(9,10)14-16-33-23(4)5)31-18-24(6)30-19-26(32)22(2)3/h22-23,25,30-31H,6,13-21H2,1-5,7-12H3. The number of hydrogen-bond donors (Lipinski definition) is 2. The molecule has 0 bridgehead atoms. The lowest BCUT2D eigenvalue weighted by Crippen LogP contribution is -2.45. The molecule has 0 spiro atoms. The predicted molar refractivity (Wildman–Crippen MR) is 149 cm³/mol. The third-order valence-electron chi connectivity index (χ3n) is 6.31. The lowest BCUT2D eigenvalue weighted by Gasteiger charge is -2.32. The van der Waals surface area contributed by atoms with Crippen LogP contribution in [0.3, 0.4) is 0 Å². The molecular formula is C29H58N2O5. The molecule has 0 rings (SSSR count). The molecule has 0 saturated carbocycles. The number of carbonyl (C=O) groups excluding carboxylic acids is 1. The molecule has 0 aliphatic heterocycles. The molecular weight excluding hydrogens is 456 g/mol. The first-order valence-corrected chi connectivity index (χ1v) is 13.7. The van der Waals surface area contributed by atoms with Gasteiger partial charge in [0, 0.05) is 24.8 Å². The van der Waals surface area contributed by atoms with Crippen LogP contribution >= 0.6 is 0 Å². The smallest absolute Gasteiger partial charge is 0.154 e. The topological polar surface area (TPSA) is 78.1 Å². The maximum absolute atomic E-state index is 11.9. The Morgan fingerprint density at radius 1 is 0.806 bits per heavy atom. The highest BCUT2D eigenvalue weighted by atomic mass is 16.5. The van der Waals surface area contributed by atoms with E-state index in [1.807, 2.05) is 27.7 Å². The van der Waals surface area contributed by atoms with Gasteiger partial charge in [-0.25, -0.2) is 0 Å². The van der Waals surface area contributed by atoms with E-state index in [9.17, 15) is 4.79 Å². The first-order valence-electron chi connectivity index (χ1n) is 13.7. The molecule has 0 aromatic heterocycles. The molecule has 0 saturated heterocycles. The number of ketones is 1. The van der Waals surface area contributed by atoms with Gasteiger partial charge in [-0.3, -0.25) is 4.79 Å². The van der Waals surface area contributed by atoms with E-state index in [1.165, 1.54) is 0 Å². The Morgan fingerprint density at radius 3 is 1.81 bits per heavy atom. The van der Waals surface area contributed by atoms with E-state index >= 15 is 0 Å². The molecule has 214 valence electrons. The number of hydrogen-bond acceptors (Lipinski definition) is 7. The minimum Gasteiger partial charge on any atom is -0.381 e. The van der Waals surface area contributed by atoms with Gasteiger partial charge in [0.2, 0.25) is 0 Å². The van der Waals surface area contributed by atoms with Crippen molar-refractivity contribution in [1.29, 1.82) is 0 Å². The summed E-state index contributed by atoms with van der Waals surface area (Å²) in [5.74, 6) is 0.170. The van der Waals surface area contributed by atoms with Gasteiger partial charge < -0.3 is 29.6 Å². The molecule has 1 unspecified atom stereocenters. The van der Waals surface area contributed by atoms with Gasteiger partial charge in [0.15, 0.2) is 5.78 Å². The van der Waals surface area contributed by atoms with E-state index in [0.717, 1.165) is 25.0 Å². The van der Waals surface area contributed by atoms with Gasteiger partial charge in [0.25, 0.3) is 0 Å². The van der Waals surface area contributed by atoms with Gasteiger partial charge in [-0.2, -0.15) is 0 Å². The fourth-order valence-electron chi connectivity index (χ4n) is 2.92. The van der Waals surface area contributed by atoms with Gasteiger partial charge in [-0.05, 0) is 74.7 Å². The summed E-state index contributed by atoms with van der Waals surface area (Å²) in [7, 11) is 0. The molecule has 7 heteroatoms. The summed E-state index contributed by atoms with van der Waals surface area (Å²) < 4.78 is 24.4. The average molecular weight is 515 g/mol. The molecule has 0 aromatic rings. The molecule has 36 heavy (non-hydrogen) atoms. The van der Waals surface area contributed by atoms with Crippen molar-refractivity contribution < 1.29 is 23.7 Å². The van der Waals surface area contributed by atoms with Crippen molar-refractivity contribution >= 4 is 5.78 Å². The second kappa shape index (κ2) is 16.8. The summed E-state index contributed by atoms with van der Waals surface area (Å²) >= 11 is 0. The van der Waals surface area contributed by atoms with Crippen LogP contribution in [0.1, 0.15) is 95.4 Å². The van der Waals surface area contributed by atoms with Crippen LogP contribution in [0.25, 0.3) is 0 Å². The van der Waals surface area contributed by atoms with Crippen LogP contribution < -0.4 is 10.6 Å². The van der Waals surface area contributed by atoms with Crippen molar-refractivity contribution in [2.45, 2.75) is 124 Å². The van der Waals surface area contributed by atoms with E-state index in [0.29, 0.717) is 39.5 Å². The zero-order chi connectivity index (χ0) is 28.0. The van der Waals surface area contributed by atoms with Gasteiger partial charge >= 0.3 is 0 Å². The summed E-state index contributed by atoms with van der Waals surface area (Å²) in [5.41, 5.74) is 0.00285. The summed E-state index contributed by atoms with van der Waals surface area (Å²) in [4.78, 5) is 11.9. The lowest BCUT2D eigenvalue weighted by atomic mass is 10.0. The Kier molecular flexibility index (Phi) is 16.3. The number of nitrogens with one attached hydrogen (secondary N) is 2. The van der Waals surface area contributed by atoms with E-state index < -0.39 is 0 Å². The van der Waals surface area contributed by atoms with E-state index in [1.54, 1.807) is 0 Å². The largest absolute Gasteiger partial charge is 0.381 e. The first kappa shape index (κ1) is 35.0. The highest BCUT2D eigenvalue weighted by Gasteiger charge is 2.25. The van der Waals surface area contributed by atoms with Crippen LogP contribution in [0.2, 0.25) is 0 Å². The van der Waals surface area contributed by atoms with Crippen molar-refractivity contribution in [1.82, 2.24) is 10.6 Å². The Hall–Kier alpha value is -0.990. The van der Waals surface area contributed by atoms with Crippen LogP contribution in [0.15, 0.2) is 12.3 Å². The van der Waals surface area contributed by atoms with Gasteiger partial charge in [-0.15, -0.1) is 0 Å². The van der Waals surface area contributed by atoms with E-state index in [-0.39, 0.29) is 40.7 Å². The van der Waals surface area contributed by atoms with Crippen molar-refractivity contribution in [2.75, 3.05) is 39.5 Å². The minimum atomic E-state index is -0.330. The number of rotatable bonds is 22. The third kappa shape index (κ3) is 18.3. The number of Topliss-reactive ketones (excluding diaryl/α,β-unsaturated/α-hetero) is 1. The molecule has 0 aliphatic rings. The quantitative estimate of drug-likeness (QED) is 0.204. The van der Waals surface area contributed by atoms with Crippen LogP contribution in [0.4, 0.5) is 0 Å². The molecule has 0 fully saturated rings. The van der Waals surface area contributed by atoms with Crippen molar-refractivity contribution in [3.8, 4) is 0 Å². The molecule has 7 nitrogen and oxygen atoms in total. The average Bonchev–Trinajstić information content (AvgIpc) is 2.75. The maximum Gasteiger partial charge on any atom is 0.154 e. The number of ether oxygens (including phenoxy) is 4. The van der Waals surface area contributed by atoms with Gasteiger partial charge in [0.1, 0.15) is 0 Å². The Bertz CT molecular complexity index is 629.